The lowest BCUT2D eigenvalue weighted by Gasteiger charge is -2.11. The highest BCUT2D eigenvalue weighted by Gasteiger charge is 2.20. The highest BCUT2D eigenvalue weighted by molar-refractivity contribution is 5.62. The molecule has 3 aromatic rings. The number of hydrogen-bond donors (Lipinski definition) is 1. The van der Waals surface area contributed by atoms with E-state index in [-0.39, 0.29) is 11.6 Å². The smallest absolute Gasteiger partial charge is 0.227 e. The molecule has 24 heavy (non-hydrogen) atoms. The Balaban J connectivity index is 1.97. The number of benzene rings is 1. The van der Waals surface area contributed by atoms with Crippen molar-refractivity contribution in [2.45, 2.75) is 0 Å². The average molecular weight is 332 g/mol. The van der Waals surface area contributed by atoms with Gasteiger partial charge in [0, 0.05) is 30.2 Å². The van der Waals surface area contributed by atoms with Crippen molar-refractivity contribution in [1.82, 2.24) is 15.0 Å². The molecule has 0 fully saturated rings. The van der Waals surface area contributed by atoms with Crippen molar-refractivity contribution in [2.75, 3.05) is 12.4 Å². The van der Waals surface area contributed by atoms with Gasteiger partial charge in [0.15, 0.2) is 17.4 Å². The second-order valence-electron chi connectivity index (χ2n) is 4.70. The number of hydrogen-bond acceptors (Lipinski definition) is 5. The van der Waals surface area contributed by atoms with E-state index in [2.05, 4.69) is 25.0 Å². The van der Waals surface area contributed by atoms with Crippen LogP contribution in [0.3, 0.4) is 0 Å². The molecule has 0 amide bonds. The Morgan fingerprint density at radius 2 is 1.92 bits per heavy atom. The number of anilines is 2. The summed E-state index contributed by atoms with van der Waals surface area (Å²) in [6.07, 6.45) is 4.67. The maximum absolute atomic E-state index is 14.2. The number of rotatable bonds is 4. The van der Waals surface area contributed by atoms with Gasteiger partial charge in [0.25, 0.3) is 0 Å². The molecular formula is C16H11F3N4O. The molecule has 1 N–H and O–H groups in total. The van der Waals surface area contributed by atoms with Crippen LogP contribution in [0.1, 0.15) is 0 Å². The summed E-state index contributed by atoms with van der Waals surface area (Å²) in [4.78, 5) is 12.1. The molecule has 122 valence electrons. The normalized spacial score (nSPS) is 10.5. The molecule has 0 saturated heterocycles. The van der Waals surface area contributed by atoms with E-state index >= 15 is 0 Å². The summed E-state index contributed by atoms with van der Waals surface area (Å²) < 4.78 is 45.7. The number of nitrogens with zero attached hydrogens (tertiary/aromatic N) is 3. The van der Waals surface area contributed by atoms with Crippen molar-refractivity contribution < 1.29 is 17.9 Å². The van der Waals surface area contributed by atoms with Crippen LogP contribution in [0.15, 0.2) is 42.9 Å². The topological polar surface area (TPSA) is 59.9 Å². The Morgan fingerprint density at radius 1 is 1.08 bits per heavy atom. The first-order valence-electron chi connectivity index (χ1n) is 6.82. The fraction of sp³-hybridized carbons (Fsp3) is 0.0625. The lowest BCUT2D eigenvalue weighted by Crippen LogP contribution is -2.04. The molecule has 3 rings (SSSR count). The van der Waals surface area contributed by atoms with E-state index in [1.165, 1.54) is 6.20 Å². The minimum absolute atomic E-state index is 0.0170. The quantitative estimate of drug-likeness (QED) is 0.738. The first-order valence-corrected chi connectivity index (χ1v) is 6.82. The Labute approximate surface area is 135 Å². The van der Waals surface area contributed by atoms with Crippen LogP contribution in [0.5, 0.6) is 5.75 Å². The molecule has 0 bridgehead atoms. The van der Waals surface area contributed by atoms with Crippen LogP contribution < -0.4 is 10.1 Å². The molecule has 2 heterocycles. The van der Waals surface area contributed by atoms with Gasteiger partial charge in [0.1, 0.15) is 0 Å². The SMILES string of the molecule is COc1c(F)c(F)cc(Nc2nccc(-c3cccnc3)n2)c1F. The second-order valence-corrected chi connectivity index (χ2v) is 4.70. The van der Waals surface area contributed by atoms with Gasteiger partial charge in [-0.2, -0.15) is 4.39 Å². The second kappa shape index (κ2) is 6.53. The number of pyridine rings is 1. The van der Waals surface area contributed by atoms with Gasteiger partial charge < -0.3 is 10.1 Å². The Morgan fingerprint density at radius 3 is 2.62 bits per heavy atom. The molecular weight excluding hydrogens is 321 g/mol. The molecule has 0 aliphatic heterocycles. The van der Waals surface area contributed by atoms with Gasteiger partial charge in [0.05, 0.1) is 18.5 Å². The van der Waals surface area contributed by atoms with Gasteiger partial charge in [-0.15, -0.1) is 0 Å². The van der Waals surface area contributed by atoms with Crippen LogP contribution in [-0.4, -0.2) is 22.1 Å². The van der Waals surface area contributed by atoms with E-state index in [0.29, 0.717) is 11.8 Å². The molecule has 5 nitrogen and oxygen atoms in total. The lowest BCUT2D eigenvalue weighted by atomic mass is 10.2. The zero-order chi connectivity index (χ0) is 17.1. The number of ether oxygens (including phenoxy) is 1. The Hall–Kier alpha value is -3.16. The van der Waals surface area contributed by atoms with Crippen molar-refractivity contribution in [3.63, 3.8) is 0 Å². The third-order valence-electron chi connectivity index (χ3n) is 3.18. The Kier molecular flexibility index (Phi) is 4.28. The van der Waals surface area contributed by atoms with Crippen LogP contribution in [0, 0.1) is 17.5 Å². The van der Waals surface area contributed by atoms with Crippen LogP contribution in [-0.2, 0) is 0 Å². The van der Waals surface area contributed by atoms with Gasteiger partial charge in [0.2, 0.25) is 11.8 Å². The molecule has 0 unspecified atom stereocenters. The van der Waals surface area contributed by atoms with Crippen molar-refractivity contribution in [2.24, 2.45) is 0 Å². The van der Waals surface area contributed by atoms with Gasteiger partial charge in [-0.25, -0.2) is 18.7 Å². The molecule has 0 spiro atoms. The maximum atomic E-state index is 14.2. The molecule has 0 radical (unpaired) electrons. The number of methoxy groups -OCH3 is 1. The highest BCUT2D eigenvalue weighted by Crippen LogP contribution is 2.31. The zero-order valence-electron chi connectivity index (χ0n) is 12.4. The van der Waals surface area contributed by atoms with Crippen molar-refractivity contribution in [3.05, 3.63) is 60.3 Å². The standard InChI is InChI=1S/C16H11F3N4O/c1-24-15-13(18)10(17)7-12(14(15)19)23-16-21-6-4-11(22-16)9-3-2-5-20-8-9/h2-8H,1H3,(H,21,22,23). The van der Waals surface area contributed by atoms with E-state index in [9.17, 15) is 13.2 Å². The van der Waals surface area contributed by atoms with Crippen LogP contribution in [0.4, 0.5) is 24.8 Å². The predicted octanol–water partition coefficient (Wildman–Crippen LogP) is 3.71. The van der Waals surface area contributed by atoms with Gasteiger partial charge in [-0.1, -0.05) is 0 Å². The van der Waals surface area contributed by atoms with E-state index in [1.54, 1.807) is 30.6 Å². The summed E-state index contributed by atoms with van der Waals surface area (Å²) in [6, 6.07) is 5.85. The van der Waals surface area contributed by atoms with Crippen molar-refractivity contribution in [1.29, 1.82) is 0 Å². The average Bonchev–Trinajstić information content (AvgIpc) is 2.61. The van der Waals surface area contributed by atoms with Crippen molar-refractivity contribution in [3.8, 4) is 17.0 Å². The molecule has 0 saturated carbocycles. The van der Waals surface area contributed by atoms with Gasteiger partial charge in [-0.05, 0) is 18.2 Å². The molecule has 1 aromatic carbocycles. The zero-order valence-corrected chi connectivity index (χ0v) is 12.4. The largest absolute Gasteiger partial charge is 0.491 e. The fourth-order valence-corrected chi connectivity index (χ4v) is 2.07. The minimum atomic E-state index is -1.40. The van der Waals surface area contributed by atoms with E-state index in [4.69, 9.17) is 0 Å². The monoisotopic (exact) mass is 332 g/mol. The summed E-state index contributed by atoms with van der Waals surface area (Å²) in [5, 5.41) is 2.52. The maximum Gasteiger partial charge on any atom is 0.227 e. The first-order chi connectivity index (χ1) is 11.6. The summed E-state index contributed by atoms with van der Waals surface area (Å²) >= 11 is 0. The molecule has 0 aliphatic carbocycles. The van der Waals surface area contributed by atoms with E-state index < -0.39 is 23.2 Å². The van der Waals surface area contributed by atoms with E-state index in [0.717, 1.165) is 12.7 Å². The Bertz CT molecular complexity index is 875. The number of nitrogens with one attached hydrogen (secondary N) is 1. The highest BCUT2D eigenvalue weighted by atomic mass is 19.2. The third kappa shape index (κ3) is 2.98. The number of halogens is 3. The molecule has 8 heteroatoms. The van der Waals surface area contributed by atoms with E-state index in [1.807, 2.05) is 0 Å². The lowest BCUT2D eigenvalue weighted by molar-refractivity contribution is 0.348. The van der Waals surface area contributed by atoms with Crippen molar-refractivity contribution >= 4 is 11.6 Å². The van der Waals surface area contributed by atoms with Gasteiger partial charge in [-0.3, -0.25) is 4.98 Å². The van der Waals surface area contributed by atoms with Crippen LogP contribution >= 0.6 is 0 Å². The summed E-state index contributed by atoms with van der Waals surface area (Å²) in [7, 11) is 1.05. The van der Waals surface area contributed by atoms with Gasteiger partial charge >= 0.3 is 0 Å². The molecule has 2 aromatic heterocycles. The third-order valence-corrected chi connectivity index (χ3v) is 3.18. The summed E-state index contributed by atoms with van der Waals surface area (Å²) in [5.74, 6) is -4.53. The first kappa shape index (κ1) is 15.7. The fourth-order valence-electron chi connectivity index (χ4n) is 2.07. The van der Waals surface area contributed by atoms with Crippen LogP contribution in [0.25, 0.3) is 11.3 Å². The predicted molar refractivity (Wildman–Crippen MR) is 81.4 cm³/mol. The minimum Gasteiger partial charge on any atom is -0.491 e. The summed E-state index contributed by atoms with van der Waals surface area (Å²) in [6.45, 7) is 0. The number of aromatic nitrogens is 3. The van der Waals surface area contributed by atoms with Crippen LogP contribution in [0.2, 0.25) is 0 Å². The molecule has 0 atom stereocenters. The molecule has 0 aliphatic rings. The summed E-state index contributed by atoms with van der Waals surface area (Å²) in [5.41, 5.74) is 0.927.